The smallest absolute Gasteiger partial charge is 0.251 e. The number of nitrogens with zero attached hydrogens (tertiary/aromatic N) is 1. The lowest BCUT2D eigenvalue weighted by molar-refractivity contribution is -0.120. The van der Waals surface area contributed by atoms with Gasteiger partial charge in [-0.1, -0.05) is 42.5 Å². The van der Waals surface area contributed by atoms with Gasteiger partial charge >= 0.3 is 0 Å². The fourth-order valence-electron chi connectivity index (χ4n) is 2.41. The Morgan fingerprint density at radius 1 is 1.04 bits per heavy atom. The third-order valence-electron chi connectivity index (χ3n) is 3.91. The highest BCUT2D eigenvalue weighted by molar-refractivity contribution is 7.99. The zero-order valence-corrected chi connectivity index (χ0v) is 16.3. The summed E-state index contributed by atoms with van der Waals surface area (Å²) < 4.78 is 0. The summed E-state index contributed by atoms with van der Waals surface area (Å²) in [5.74, 6) is -0.190. The van der Waals surface area contributed by atoms with Gasteiger partial charge in [0.1, 0.15) is 11.8 Å². The normalized spacial score (nSPS) is 11.1. The third-order valence-corrected chi connectivity index (χ3v) is 5.19. The van der Waals surface area contributed by atoms with E-state index in [1.807, 2.05) is 36.4 Å². The Bertz CT molecular complexity index is 878. The average molecular weight is 395 g/mol. The summed E-state index contributed by atoms with van der Waals surface area (Å²) in [6.45, 7) is 1.46. The van der Waals surface area contributed by atoms with Crippen LogP contribution in [0.2, 0.25) is 0 Å². The first-order valence-corrected chi connectivity index (χ1v) is 9.75. The van der Waals surface area contributed by atoms with E-state index in [-0.39, 0.29) is 30.7 Å². The maximum Gasteiger partial charge on any atom is 0.251 e. The molecule has 0 saturated carbocycles. The number of nitriles is 1. The van der Waals surface area contributed by atoms with E-state index in [4.69, 9.17) is 5.26 Å². The number of rotatable bonds is 9. The van der Waals surface area contributed by atoms with Crippen molar-refractivity contribution in [3.63, 3.8) is 0 Å². The van der Waals surface area contributed by atoms with Crippen LogP contribution < -0.4 is 10.6 Å². The Balaban J connectivity index is 2.01. The molecule has 144 valence electrons. The van der Waals surface area contributed by atoms with E-state index in [0.29, 0.717) is 16.9 Å². The Hall–Kier alpha value is -3.11. The van der Waals surface area contributed by atoms with Crippen LogP contribution in [0.25, 0.3) is 0 Å². The van der Waals surface area contributed by atoms with E-state index in [2.05, 4.69) is 10.6 Å². The van der Waals surface area contributed by atoms with Gasteiger partial charge in [0.25, 0.3) is 5.91 Å². The highest BCUT2D eigenvalue weighted by atomic mass is 32.2. The molecule has 7 heteroatoms. The molecule has 0 saturated heterocycles. The van der Waals surface area contributed by atoms with Gasteiger partial charge in [-0.3, -0.25) is 14.4 Å². The predicted molar refractivity (Wildman–Crippen MR) is 109 cm³/mol. The van der Waals surface area contributed by atoms with E-state index in [0.717, 1.165) is 5.56 Å². The van der Waals surface area contributed by atoms with Crippen molar-refractivity contribution in [3.8, 4) is 6.07 Å². The summed E-state index contributed by atoms with van der Waals surface area (Å²) in [7, 11) is 0. The maximum absolute atomic E-state index is 12.4. The minimum absolute atomic E-state index is 0.0875. The zero-order valence-electron chi connectivity index (χ0n) is 15.5. The number of benzene rings is 2. The van der Waals surface area contributed by atoms with Crippen LogP contribution in [0.15, 0.2) is 54.6 Å². The summed E-state index contributed by atoms with van der Waals surface area (Å²) in [6, 6.07) is 18.0. The summed E-state index contributed by atoms with van der Waals surface area (Å²) in [4.78, 5) is 36.2. The van der Waals surface area contributed by atoms with Gasteiger partial charge in [0.2, 0.25) is 5.91 Å². The van der Waals surface area contributed by atoms with Crippen molar-refractivity contribution >= 4 is 29.4 Å². The molecular formula is C21H21N3O3S. The number of amides is 2. The van der Waals surface area contributed by atoms with E-state index in [9.17, 15) is 14.4 Å². The Kier molecular flexibility index (Phi) is 8.25. The van der Waals surface area contributed by atoms with Crippen LogP contribution in [0, 0.1) is 11.3 Å². The number of carbonyl (C=O) groups excluding carboxylic acids is 3. The lowest BCUT2D eigenvalue weighted by Gasteiger charge is -2.16. The molecule has 6 nitrogen and oxygen atoms in total. The van der Waals surface area contributed by atoms with E-state index in [1.54, 1.807) is 18.2 Å². The molecule has 2 rings (SSSR count). The van der Waals surface area contributed by atoms with Crippen LogP contribution in [0.5, 0.6) is 0 Å². The van der Waals surface area contributed by atoms with Crippen molar-refractivity contribution in [2.24, 2.45) is 0 Å². The first kappa shape index (κ1) is 21.2. The Morgan fingerprint density at radius 2 is 1.75 bits per heavy atom. The van der Waals surface area contributed by atoms with Gasteiger partial charge in [-0.05, 0) is 24.6 Å². The lowest BCUT2D eigenvalue weighted by atomic mass is 10.1. The quantitative estimate of drug-likeness (QED) is 0.502. The molecule has 0 aliphatic rings. The minimum atomic E-state index is -0.548. The molecule has 28 heavy (non-hydrogen) atoms. The lowest BCUT2D eigenvalue weighted by Crippen LogP contribution is -2.41. The van der Waals surface area contributed by atoms with Crippen molar-refractivity contribution in [3.05, 3.63) is 71.3 Å². The molecule has 0 heterocycles. The topological polar surface area (TPSA) is 99.1 Å². The fourth-order valence-corrected chi connectivity index (χ4v) is 3.43. The van der Waals surface area contributed by atoms with Gasteiger partial charge in [0.05, 0.1) is 6.07 Å². The van der Waals surface area contributed by atoms with E-state index >= 15 is 0 Å². The molecule has 1 atom stereocenters. The van der Waals surface area contributed by atoms with E-state index in [1.165, 1.54) is 24.8 Å². The molecule has 0 bridgehead atoms. The number of thioether (sulfide) groups is 1. The molecule has 2 aromatic rings. The van der Waals surface area contributed by atoms with Crippen molar-refractivity contribution in [2.75, 3.05) is 13.1 Å². The molecule has 0 spiro atoms. The first-order chi connectivity index (χ1) is 13.5. The molecule has 2 aromatic carbocycles. The Morgan fingerprint density at radius 3 is 2.43 bits per heavy atom. The number of Topliss-reactive ketones (excluding diaryl/α,β-unsaturated/α-hetero) is 1. The van der Waals surface area contributed by atoms with Crippen LogP contribution in [-0.2, 0) is 10.5 Å². The molecule has 2 N–H and O–H groups in total. The van der Waals surface area contributed by atoms with Crippen LogP contribution in [0.1, 0.15) is 33.2 Å². The molecule has 0 aliphatic carbocycles. The molecule has 0 radical (unpaired) electrons. The van der Waals surface area contributed by atoms with Crippen LogP contribution >= 0.6 is 11.8 Å². The van der Waals surface area contributed by atoms with Crippen molar-refractivity contribution in [2.45, 2.75) is 17.9 Å². The highest BCUT2D eigenvalue weighted by Crippen LogP contribution is 2.18. The van der Waals surface area contributed by atoms with Crippen molar-refractivity contribution in [1.29, 1.82) is 5.26 Å². The number of carbonyl (C=O) groups is 3. The monoisotopic (exact) mass is 395 g/mol. The average Bonchev–Trinajstić information content (AvgIpc) is 2.72. The van der Waals surface area contributed by atoms with Gasteiger partial charge in [0, 0.05) is 23.4 Å². The number of hydrogen-bond acceptors (Lipinski definition) is 5. The maximum atomic E-state index is 12.4. The minimum Gasteiger partial charge on any atom is -0.350 e. The molecule has 0 aromatic heterocycles. The molecular weight excluding hydrogens is 374 g/mol. The number of ketones is 1. The molecule has 2 amide bonds. The SMILES string of the molecule is CC(=O)c1cccc(C(=O)NCC(SCc2ccccc2)C(=O)NCC#N)c1. The number of nitrogens with one attached hydrogen (secondary N) is 2. The number of hydrogen-bond donors (Lipinski definition) is 2. The van der Waals surface area contributed by atoms with E-state index < -0.39 is 5.25 Å². The summed E-state index contributed by atoms with van der Waals surface area (Å²) in [5, 5.41) is 13.4. The summed E-state index contributed by atoms with van der Waals surface area (Å²) >= 11 is 1.39. The summed E-state index contributed by atoms with van der Waals surface area (Å²) in [6.07, 6.45) is 0. The van der Waals surface area contributed by atoms with Gasteiger partial charge in [0.15, 0.2) is 5.78 Å². The van der Waals surface area contributed by atoms with Gasteiger partial charge in [-0.25, -0.2) is 0 Å². The van der Waals surface area contributed by atoms with Gasteiger partial charge < -0.3 is 10.6 Å². The predicted octanol–water partition coefficient (Wildman–Crippen LogP) is 2.56. The zero-order chi connectivity index (χ0) is 20.4. The van der Waals surface area contributed by atoms with Crippen molar-refractivity contribution < 1.29 is 14.4 Å². The van der Waals surface area contributed by atoms with Gasteiger partial charge in [-0.2, -0.15) is 5.26 Å². The van der Waals surface area contributed by atoms with Gasteiger partial charge in [-0.15, -0.1) is 11.8 Å². The van der Waals surface area contributed by atoms with Crippen LogP contribution in [0.4, 0.5) is 0 Å². The fraction of sp³-hybridized carbons (Fsp3) is 0.238. The molecule has 1 unspecified atom stereocenters. The first-order valence-electron chi connectivity index (χ1n) is 8.70. The van der Waals surface area contributed by atoms with Crippen LogP contribution in [-0.4, -0.2) is 35.9 Å². The highest BCUT2D eigenvalue weighted by Gasteiger charge is 2.20. The largest absolute Gasteiger partial charge is 0.350 e. The second kappa shape index (κ2) is 10.9. The van der Waals surface area contributed by atoms with Crippen LogP contribution in [0.3, 0.4) is 0 Å². The summed E-state index contributed by atoms with van der Waals surface area (Å²) in [5.41, 5.74) is 1.87. The second-order valence-electron chi connectivity index (χ2n) is 6.01. The molecule has 0 fully saturated rings. The van der Waals surface area contributed by atoms with Crippen molar-refractivity contribution in [1.82, 2.24) is 10.6 Å². The standard InChI is InChI=1S/C21H21N3O3S/c1-15(25)17-8-5-9-18(12-17)20(26)24-13-19(21(27)23-11-10-22)28-14-16-6-3-2-4-7-16/h2-9,12,19H,11,13-14H2,1H3,(H,23,27)(H,24,26). The Labute approximate surface area is 168 Å². The third kappa shape index (κ3) is 6.56. The molecule has 0 aliphatic heterocycles. The second-order valence-corrected chi connectivity index (χ2v) is 7.20.